The number of nitrogens with one attached hydrogen (secondary N) is 1. The Morgan fingerprint density at radius 2 is 1.73 bits per heavy atom. The highest BCUT2D eigenvalue weighted by Gasteiger charge is 2.03. The van der Waals surface area contributed by atoms with Crippen LogP contribution in [0.15, 0.2) is 54.7 Å². The molecule has 1 aromatic heterocycles. The Balaban J connectivity index is 2.08. The van der Waals surface area contributed by atoms with E-state index in [1.807, 2.05) is 36.4 Å². The molecule has 0 radical (unpaired) electrons. The quantitative estimate of drug-likeness (QED) is 0.818. The maximum absolute atomic E-state index is 4.23. The van der Waals surface area contributed by atoms with Gasteiger partial charge in [0.15, 0.2) is 0 Å². The summed E-state index contributed by atoms with van der Waals surface area (Å²) in [6.45, 7) is 2.13. The Morgan fingerprint density at radius 1 is 1.00 bits per heavy atom. The van der Waals surface area contributed by atoms with E-state index in [0.29, 0.717) is 0 Å². The molecule has 2 rings (SSSR count). The van der Waals surface area contributed by atoms with Gasteiger partial charge in [0.2, 0.25) is 0 Å². The fraction of sp³-hybridized carbons (Fsp3) is 0.154. The fourth-order valence-electron chi connectivity index (χ4n) is 1.50. The molecule has 2 nitrogen and oxygen atoms in total. The monoisotopic (exact) mass is 198 g/mol. The second kappa shape index (κ2) is 4.60. The highest BCUT2D eigenvalue weighted by Crippen LogP contribution is 2.16. The average molecular weight is 198 g/mol. The summed E-state index contributed by atoms with van der Waals surface area (Å²) in [5, 5.41) is 3.35. The van der Waals surface area contributed by atoms with E-state index in [1.165, 1.54) is 5.56 Å². The number of aromatic nitrogens is 1. The van der Waals surface area contributed by atoms with Gasteiger partial charge < -0.3 is 5.32 Å². The molecule has 1 aromatic carbocycles. The van der Waals surface area contributed by atoms with Crippen LogP contribution in [0.5, 0.6) is 0 Å². The molecule has 15 heavy (non-hydrogen) atoms. The molecule has 1 heterocycles. The average Bonchev–Trinajstić information content (AvgIpc) is 2.31. The number of rotatable bonds is 3. The number of hydrogen-bond acceptors (Lipinski definition) is 2. The van der Waals surface area contributed by atoms with Gasteiger partial charge in [0.1, 0.15) is 5.82 Å². The van der Waals surface area contributed by atoms with E-state index in [4.69, 9.17) is 0 Å². The molecule has 2 heteroatoms. The number of benzene rings is 1. The Morgan fingerprint density at radius 3 is 2.40 bits per heavy atom. The van der Waals surface area contributed by atoms with Crippen LogP contribution in [0.4, 0.5) is 5.82 Å². The van der Waals surface area contributed by atoms with E-state index in [-0.39, 0.29) is 6.04 Å². The molecule has 0 aliphatic heterocycles. The molecule has 2 aromatic rings. The third-order valence-corrected chi connectivity index (χ3v) is 2.33. The van der Waals surface area contributed by atoms with Crippen molar-refractivity contribution in [3.05, 3.63) is 60.3 Å². The van der Waals surface area contributed by atoms with E-state index in [2.05, 4.69) is 29.4 Å². The first-order chi connectivity index (χ1) is 7.36. The van der Waals surface area contributed by atoms with Gasteiger partial charge in [-0.15, -0.1) is 0 Å². The standard InChI is InChI=1S/C13H14N2/c1-11(12-7-3-2-4-8-12)15-13-9-5-6-10-14-13/h2-11H,1H3,(H,14,15)/t11-/m1/s1. The van der Waals surface area contributed by atoms with Crippen LogP contribution in [0.25, 0.3) is 0 Å². The van der Waals surface area contributed by atoms with Gasteiger partial charge in [-0.05, 0) is 24.6 Å². The highest BCUT2D eigenvalue weighted by molar-refractivity contribution is 5.37. The molecule has 76 valence electrons. The SMILES string of the molecule is C[C@@H](Nc1ccccn1)c1ccccc1. The molecule has 0 unspecified atom stereocenters. The van der Waals surface area contributed by atoms with Crippen LogP contribution in [-0.2, 0) is 0 Å². The van der Waals surface area contributed by atoms with Crippen molar-refractivity contribution in [2.75, 3.05) is 5.32 Å². The van der Waals surface area contributed by atoms with Crippen molar-refractivity contribution in [3.63, 3.8) is 0 Å². The van der Waals surface area contributed by atoms with Gasteiger partial charge in [-0.3, -0.25) is 0 Å². The largest absolute Gasteiger partial charge is 0.364 e. The predicted molar refractivity (Wildman–Crippen MR) is 62.7 cm³/mol. The zero-order valence-electron chi connectivity index (χ0n) is 8.72. The van der Waals surface area contributed by atoms with E-state index >= 15 is 0 Å². The van der Waals surface area contributed by atoms with Crippen molar-refractivity contribution in [3.8, 4) is 0 Å². The van der Waals surface area contributed by atoms with E-state index in [9.17, 15) is 0 Å². The maximum atomic E-state index is 4.23. The van der Waals surface area contributed by atoms with Crippen LogP contribution in [-0.4, -0.2) is 4.98 Å². The summed E-state index contributed by atoms with van der Waals surface area (Å²) in [6.07, 6.45) is 1.79. The fourth-order valence-corrected chi connectivity index (χ4v) is 1.50. The lowest BCUT2D eigenvalue weighted by Crippen LogP contribution is -2.07. The third-order valence-electron chi connectivity index (χ3n) is 2.33. The minimum atomic E-state index is 0.279. The van der Waals surface area contributed by atoms with Crippen LogP contribution >= 0.6 is 0 Å². The molecular formula is C13H14N2. The minimum absolute atomic E-state index is 0.279. The summed E-state index contributed by atoms with van der Waals surface area (Å²) in [5.41, 5.74) is 1.27. The topological polar surface area (TPSA) is 24.9 Å². The van der Waals surface area contributed by atoms with Crippen molar-refractivity contribution in [1.82, 2.24) is 4.98 Å². The number of hydrogen-bond donors (Lipinski definition) is 1. The molecule has 1 N–H and O–H groups in total. The number of pyridine rings is 1. The van der Waals surface area contributed by atoms with Crippen LogP contribution in [0.1, 0.15) is 18.5 Å². The molecule has 0 fully saturated rings. The number of anilines is 1. The van der Waals surface area contributed by atoms with Gasteiger partial charge in [-0.25, -0.2) is 4.98 Å². The van der Waals surface area contributed by atoms with E-state index in [1.54, 1.807) is 6.20 Å². The first-order valence-corrected chi connectivity index (χ1v) is 5.09. The van der Waals surface area contributed by atoms with Crippen molar-refractivity contribution >= 4 is 5.82 Å². The van der Waals surface area contributed by atoms with Crippen molar-refractivity contribution in [2.45, 2.75) is 13.0 Å². The Kier molecular flexibility index (Phi) is 2.98. The zero-order chi connectivity index (χ0) is 10.5. The molecule has 0 saturated heterocycles. The van der Waals surface area contributed by atoms with Gasteiger partial charge in [0, 0.05) is 12.2 Å². The van der Waals surface area contributed by atoms with Gasteiger partial charge in [-0.1, -0.05) is 36.4 Å². The summed E-state index contributed by atoms with van der Waals surface area (Å²) in [5.74, 6) is 0.911. The van der Waals surface area contributed by atoms with Crippen molar-refractivity contribution in [1.29, 1.82) is 0 Å². The first-order valence-electron chi connectivity index (χ1n) is 5.09. The summed E-state index contributed by atoms with van der Waals surface area (Å²) < 4.78 is 0. The maximum Gasteiger partial charge on any atom is 0.126 e. The van der Waals surface area contributed by atoms with Gasteiger partial charge in [0.25, 0.3) is 0 Å². The zero-order valence-corrected chi connectivity index (χ0v) is 8.72. The summed E-state index contributed by atoms with van der Waals surface area (Å²) in [4.78, 5) is 4.23. The van der Waals surface area contributed by atoms with Crippen LogP contribution in [0.2, 0.25) is 0 Å². The first kappa shape index (κ1) is 9.71. The Labute approximate surface area is 90.0 Å². The molecule has 0 bridgehead atoms. The molecule has 0 aliphatic carbocycles. The van der Waals surface area contributed by atoms with Crippen molar-refractivity contribution in [2.24, 2.45) is 0 Å². The van der Waals surface area contributed by atoms with Gasteiger partial charge in [-0.2, -0.15) is 0 Å². The van der Waals surface area contributed by atoms with Crippen LogP contribution < -0.4 is 5.32 Å². The molecule has 0 amide bonds. The second-order valence-corrected chi connectivity index (χ2v) is 3.49. The van der Waals surface area contributed by atoms with Crippen LogP contribution in [0, 0.1) is 0 Å². The second-order valence-electron chi connectivity index (χ2n) is 3.49. The predicted octanol–water partition coefficient (Wildman–Crippen LogP) is 3.25. The lowest BCUT2D eigenvalue weighted by Gasteiger charge is -2.14. The lowest BCUT2D eigenvalue weighted by atomic mass is 10.1. The van der Waals surface area contributed by atoms with Crippen molar-refractivity contribution < 1.29 is 0 Å². The summed E-state index contributed by atoms with van der Waals surface area (Å²) in [6, 6.07) is 16.5. The third kappa shape index (κ3) is 2.56. The van der Waals surface area contributed by atoms with Gasteiger partial charge >= 0.3 is 0 Å². The highest BCUT2D eigenvalue weighted by atomic mass is 15.0. The van der Waals surface area contributed by atoms with Crippen LogP contribution in [0.3, 0.4) is 0 Å². The smallest absolute Gasteiger partial charge is 0.126 e. The molecule has 0 saturated carbocycles. The molecule has 0 spiro atoms. The van der Waals surface area contributed by atoms with E-state index in [0.717, 1.165) is 5.82 Å². The normalized spacial score (nSPS) is 12.1. The molecular weight excluding hydrogens is 184 g/mol. The Bertz CT molecular complexity index is 397. The Hall–Kier alpha value is -1.83. The summed E-state index contributed by atoms with van der Waals surface area (Å²) in [7, 11) is 0. The van der Waals surface area contributed by atoms with E-state index < -0.39 is 0 Å². The molecule has 0 aliphatic rings. The van der Waals surface area contributed by atoms with Gasteiger partial charge in [0.05, 0.1) is 0 Å². The number of nitrogens with zero attached hydrogens (tertiary/aromatic N) is 1. The summed E-state index contributed by atoms with van der Waals surface area (Å²) >= 11 is 0. The minimum Gasteiger partial charge on any atom is -0.364 e. The lowest BCUT2D eigenvalue weighted by molar-refractivity contribution is 0.875. The molecule has 1 atom stereocenters.